The lowest BCUT2D eigenvalue weighted by Gasteiger charge is -2.28. The first-order valence-electron chi connectivity index (χ1n) is 10.5. The molecule has 2 aromatic carbocycles. The van der Waals surface area contributed by atoms with Crippen molar-refractivity contribution >= 4 is 26.8 Å². The second-order valence-electron chi connectivity index (χ2n) is 8.66. The highest BCUT2D eigenvalue weighted by molar-refractivity contribution is 7.86. The van der Waals surface area contributed by atoms with Crippen molar-refractivity contribution in [3.05, 3.63) is 42.0 Å². The van der Waals surface area contributed by atoms with Crippen LogP contribution in [0.2, 0.25) is 0 Å². The Labute approximate surface area is 173 Å². The molecule has 0 aromatic heterocycles. The average molecular weight is 418 g/mol. The van der Waals surface area contributed by atoms with Crippen LogP contribution in [0, 0.1) is 0 Å². The first-order chi connectivity index (χ1) is 13.7. The quantitative estimate of drug-likeness (QED) is 0.512. The molecule has 1 saturated heterocycles. The van der Waals surface area contributed by atoms with Crippen LogP contribution in [0.25, 0.3) is 10.8 Å². The highest BCUT2D eigenvalue weighted by atomic mass is 32.2. The van der Waals surface area contributed by atoms with E-state index in [1.807, 2.05) is 23.1 Å². The number of carbonyl (C=O) groups is 1. The van der Waals surface area contributed by atoms with Gasteiger partial charge in [-0.1, -0.05) is 57.0 Å². The van der Waals surface area contributed by atoms with E-state index < -0.39 is 10.1 Å². The van der Waals surface area contributed by atoms with Gasteiger partial charge in [0.05, 0.1) is 0 Å². The molecule has 1 fully saturated rings. The van der Waals surface area contributed by atoms with Gasteiger partial charge in [-0.15, -0.1) is 0 Å². The summed E-state index contributed by atoms with van der Waals surface area (Å²) in [5.74, 6) is 0.286. The van der Waals surface area contributed by atoms with E-state index in [9.17, 15) is 17.8 Å². The van der Waals surface area contributed by atoms with Crippen LogP contribution in [0.5, 0.6) is 0 Å². The van der Waals surface area contributed by atoms with Gasteiger partial charge in [0, 0.05) is 24.9 Å². The molecule has 29 heavy (non-hydrogen) atoms. The number of benzene rings is 2. The molecule has 0 radical (unpaired) electrons. The van der Waals surface area contributed by atoms with Gasteiger partial charge in [-0.25, -0.2) is 0 Å². The molecule has 0 unspecified atom stereocenters. The number of amides is 1. The van der Waals surface area contributed by atoms with Gasteiger partial charge in [0.2, 0.25) is 5.91 Å². The molecule has 5 nitrogen and oxygen atoms in total. The summed E-state index contributed by atoms with van der Waals surface area (Å²) in [6.45, 7) is 6.03. The maximum absolute atomic E-state index is 12.1. The van der Waals surface area contributed by atoms with Gasteiger partial charge in [-0.05, 0) is 48.1 Å². The number of hydrogen-bond acceptors (Lipinski definition) is 3. The number of likely N-dealkylation sites (tertiary alicyclic amines) is 1. The minimum absolute atomic E-state index is 0.0488. The van der Waals surface area contributed by atoms with Gasteiger partial charge >= 0.3 is 0 Å². The van der Waals surface area contributed by atoms with Crippen molar-refractivity contribution in [2.45, 2.75) is 69.1 Å². The van der Waals surface area contributed by atoms with E-state index in [-0.39, 0.29) is 16.2 Å². The van der Waals surface area contributed by atoms with Gasteiger partial charge < -0.3 is 4.90 Å². The zero-order valence-corrected chi connectivity index (χ0v) is 18.2. The smallest absolute Gasteiger partial charge is 0.295 e. The first-order valence-corrected chi connectivity index (χ1v) is 11.9. The van der Waals surface area contributed by atoms with E-state index in [1.54, 1.807) is 12.1 Å². The molecule has 0 atom stereocenters. The molecule has 1 aliphatic heterocycles. The summed E-state index contributed by atoms with van der Waals surface area (Å²) in [6.07, 6.45) is 6.82. The van der Waals surface area contributed by atoms with E-state index in [1.165, 1.54) is 6.07 Å². The van der Waals surface area contributed by atoms with E-state index >= 15 is 0 Å². The summed E-state index contributed by atoms with van der Waals surface area (Å²) >= 11 is 0. The Balaban J connectivity index is 1.72. The number of rotatable bonds is 7. The topological polar surface area (TPSA) is 74.7 Å². The lowest BCUT2D eigenvalue weighted by atomic mass is 9.78. The second kappa shape index (κ2) is 8.84. The molecular weight excluding hydrogens is 386 g/mol. The Morgan fingerprint density at radius 3 is 2.45 bits per heavy atom. The molecule has 158 valence electrons. The largest absolute Gasteiger partial charge is 0.343 e. The van der Waals surface area contributed by atoms with Crippen LogP contribution >= 0.6 is 0 Å². The minimum atomic E-state index is -4.27. The molecule has 6 heteroatoms. The minimum Gasteiger partial charge on any atom is -0.343 e. The van der Waals surface area contributed by atoms with E-state index in [0.29, 0.717) is 11.8 Å². The van der Waals surface area contributed by atoms with Crippen molar-refractivity contribution in [1.29, 1.82) is 0 Å². The highest BCUT2D eigenvalue weighted by Crippen LogP contribution is 2.36. The molecule has 1 heterocycles. The predicted octanol–water partition coefficient (Wildman–Crippen LogP) is 4.94. The zero-order chi connectivity index (χ0) is 21.1. The van der Waals surface area contributed by atoms with Crippen LogP contribution < -0.4 is 0 Å². The number of hydrogen-bond donors (Lipinski definition) is 1. The Kier molecular flexibility index (Phi) is 6.64. The summed E-state index contributed by atoms with van der Waals surface area (Å²) in [7, 11) is -4.27. The summed E-state index contributed by atoms with van der Waals surface area (Å²) in [5, 5.41) is 1.41. The predicted molar refractivity (Wildman–Crippen MR) is 116 cm³/mol. The maximum atomic E-state index is 12.1. The van der Waals surface area contributed by atoms with Crippen molar-refractivity contribution in [1.82, 2.24) is 4.90 Å². The van der Waals surface area contributed by atoms with Gasteiger partial charge in [0.25, 0.3) is 10.1 Å². The number of fused-ring (bicyclic) bond motifs is 1. The first kappa shape index (κ1) is 21.8. The molecule has 0 bridgehead atoms. The summed E-state index contributed by atoms with van der Waals surface area (Å²) in [4.78, 5) is 14.1. The van der Waals surface area contributed by atoms with Crippen LogP contribution in [0.1, 0.15) is 64.4 Å². The lowest BCUT2D eigenvalue weighted by Crippen LogP contribution is -2.31. The molecule has 1 N–H and O–H groups in total. The SMILES string of the molecule is CC(C)(CCCCN1CCCCCC1=O)c1ccc(S(=O)(=O)O)c2ccccc12. The fourth-order valence-electron chi connectivity index (χ4n) is 4.37. The fourth-order valence-corrected chi connectivity index (χ4v) is 5.06. The van der Waals surface area contributed by atoms with E-state index in [2.05, 4.69) is 13.8 Å². The van der Waals surface area contributed by atoms with Crippen molar-refractivity contribution < 1.29 is 17.8 Å². The highest BCUT2D eigenvalue weighted by Gasteiger charge is 2.25. The van der Waals surface area contributed by atoms with Gasteiger partial charge in [-0.2, -0.15) is 8.42 Å². The Hall–Kier alpha value is -1.92. The summed E-state index contributed by atoms with van der Waals surface area (Å²) in [5.41, 5.74) is 0.923. The van der Waals surface area contributed by atoms with Crippen molar-refractivity contribution in [2.24, 2.45) is 0 Å². The maximum Gasteiger partial charge on any atom is 0.295 e. The Morgan fingerprint density at radius 1 is 1.00 bits per heavy atom. The Morgan fingerprint density at radius 2 is 1.72 bits per heavy atom. The van der Waals surface area contributed by atoms with E-state index in [4.69, 9.17) is 0 Å². The van der Waals surface area contributed by atoms with Crippen molar-refractivity contribution in [2.75, 3.05) is 13.1 Å². The third-order valence-corrected chi connectivity index (χ3v) is 6.95. The molecule has 0 aliphatic carbocycles. The monoisotopic (exact) mass is 417 g/mol. The van der Waals surface area contributed by atoms with Crippen LogP contribution in [0.3, 0.4) is 0 Å². The van der Waals surface area contributed by atoms with Crippen LogP contribution in [-0.2, 0) is 20.3 Å². The molecule has 1 aliphatic rings. The van der Waals surface area contributed by atoms with Crippen molar-refractivity contribution in [3.8, 4) is 0 Å². The third-order valence-electron chi connectivity index (χ3n) is 6.04. The normalized spacial score (nSPS) is 16.2. The van der Waals surface area contributed by atoms with Crippen molar-refractivity contribution in [3.63, 3.8) is 0 Å². The number of carbonyl (C=O) groups excluding carboxylic acids is 1. The molecule has 1 amide bonds. The third kappa shape index (κ3) is 5.17. The summed E-state index contributed by atoms with van der Waals surface area (Å²) in [6, 6.07) is 10.7. The van der Waals surface area contributed by atoms with Crippen LogP contribution in [0.15, 0.2) is 41.3 Å². The Bertz CT molecular complexity index is 982. The molecule has 0 spiro atoms. The zero-order valence-electron chi connectivity index (χ0n) is 17.4. The molecule has 2 aromatic rings. The number of nitrogens with zero attached hydrogens (tertiary/aromatic N) is 1. The van der Waals surface area contributed by atoms with Crippen LogP contribution in [0.4, 0.5) is 0 Å². The average Bonchev–Trinajstić information content (AvgIpc) is 2.87. The van der Waals surface area contributed by atoms with Gasteiger partial charge in [-0.3, -0.25) is 9.35 Å². The standard InChI is InChI=1S/C23H31NO4S/c1-23(2,15-7-9-17-24-16-8-3-4-12-22(24)25)20-13-14-21(29(26,27)28)19-11-6-5-10-18(19)20/h5-6,10-11,13-14H,3-4,7-9,12,15-17H2,1-2H3,(H,26,27,28). The lowest BCUT2D eigenvalue weighted by molar-refractivity contribution is -0.130. The fraction of sp³-hybridized carbons (Fsp3) is 0.522. The second-order valence-corrected chi connectivity index (χ2v) is 10.1. The van der Waals surface area contributed by atoms with Gasteiger partial charge in [0.1, 0.15) is 4.90 Å². The number of unbranched alkanes of at least 4 members (excludes halogenated alkanes) is 1. The van der Waals surface area contributed by atoms with Gasteiger partial charge in [0.15, 0.2) is 0 Å². The summed E-state index contributed by atoms with van der Waals surface area (Å²) < 4.78 is 33.0. The molecular formula is C23H31NO4S. The van der Waals surface area contributed by atoms with E-state index in [0.717, 1.165) is 62.6 Å². The van der Waals surface area contributed by atoms with Crippen LogP contribution in [-0.4, -0.2) is 36.9 Å². The molecule has 0 saturated carbocycles. The molecule has 3 rings (SSSR count).